The van der Waals surface area contributed by atoms with Gasteiger partial charge in [0.1, 0.15) is 11.5 Å². The Labute approximate surface area is 170 Å². The molecule has 0 aliphatic heterocycles. The highest BCUT2D eigenvalue weighted by Gasteiger charge is 2.18. The van der Waals surface area contributed by atoms with E-state index in [1.807, 2.05) is 29.6 Å². The number of ether oxygens (including phenoxy) is 2. The van der Waals surface area contributed by atoms with Crippen molar-refractivity contribution < 1.29 is 14.3 Å². The van der Waals surface area contributed by atoms with E-state index in [0.717, 1.165) is 17.0 Å². The van der Waals surface area contributed by atoms with Crippen LogP contribution in [0, 0.1) is 0 Å². The van der Waals surface area contributed by atoms with E-state index < -0.39 is 6.10 Å². The summed E-state index contributed by atoms with van der Waals surface area (Å²) < 4.78 is 10.8. The molecule has 3 rings (SSSR count). The zero-order chi connectivity index (χ0) is 19.4. The van der Waals surface area contributed by atoms with Gasteiger partial charge in [-0.3, -0.25) is 10.1 Å². The van der Waals surface area contributed by atoms with E-state index in [-0.39, 0.29) is 5.91 Å². The lowest BCUT2D eigenvalue weighted by atomic mass is 10.2. The van der Waals surface area contributed by atoms with E-state index in [0.29, 0.717) is 20.9 Å². The van der Waals surface area contributed by atoms with Crippen molar-refractivity contribution in [2.24, 2.45) is 0 Å². The van der Waals surface area contributed by atoms with Gasteiger partial charge in [-0.05, 0) is 49.4 Å². The van der Waals surface area contributed by atoms with Gasteiger partial charge in [-0.15, -0.1) is 11.3 Å². The smallest absolute Gasteiger partial charge is 0.266 e. The first-order valence-electron chi connectivity index (χ1n) is 7.99. The Kier molecular flexibility index (Phi) is 6.21. The molecule has 0 spiro atoms. The van der Waals surface area contributed by atoms with Gasteiger partial charge < -0.3 is 9.47 Å². The summed E-state index contributed by atoms with van der Waals surface area (Å²) in [5.41, 5.74) is 1.71. The van der Waals surface area contributed by atoms with Crippen LogP contribution in [0.4, 0.5) is 5.13 Å². The number of amides is 1. The van der Waals surface area contributed by atoms with Crippen molar-refractivity contribution >= 4 is 45.6 Å². The standard InChI is InChI=1S/C19H16Cl2N2O3S/c1-11(26-17-8-5-13(20)9-15(17)21)18(24)23-19-22-16(10-27-19)12-3-6-14(25-2)7-4-12/h3-11H,1-2H3,(H,22,23,24). The molecule has 3 aromatic rings. The molecule has 8 heteroatoms. The van der Waals surface area contributed by atoms with Crippen LogP contribution in [-0.4, -0.2) is 24.1 Å². The van der Waals surface area contributed by atoms with Gasteiger partial charge in [0, 0.05) is 16.0 Å². The van der Waals surface area contributed by atoms with Crippen molar-refractivity contribution in [1.82, 2.24) is 4.98 Å². The third kappa shape index (κ3) is 4.91. The number of anilines is 1. The van der Waals surface area contributed by atoms with Crippen LogP contribution in [0.5, 0.6) is 11.5 Å². The zero-order valence-corrected chi connectivity index (χ0v) is 16.9. The number of hydrogen-bond acceptors (Lipinski definition) is 5. The largest absolute Gasteiger partial charge is 0.497 e. The van der Waals surface area contributed by atoms with Crippen LogP contribution < -0.4 is 14.8 Å². The molecule has 1 N–H and O–H groups in total. The van der Waals surface area contributed by atoms with Crippen molar-refractivity contribution in [3.8, 4) is 22.8 Å². The Morgan fingerprint density at radius 1 is 1.19 bits per heavy atom. The SMILES string of the molecule is COc1ccc(-c2csc(NC(=O)C(C)Oc3ccc(Cl)cc3Cl)n2)cc1. The van der Waals surface area contributed by atoms with Crippen LogP contribution in [0.1, 0.15) is 6.92 Å². The lowest BCUT2D eigenvalue weighted by Crippen LogP contribution is -2.30. The average molecular weight is 423 g/mol. The minimum absolute atomic E-state index is 0.323. The van der Waals surface area contributed by atoms with E-state index >= 15 is 0 Å². The Balaban J connectivity index is 1.64. The molecule has 0 radical (unpaired) electrons. The second kappa shape index (κ2) is 8.61. The fourth-order valence-electron chi connectivity index (χ4n) is 2.25. The molecule has 0 aliphatic carbocycles. The summed E-state index contributed by atoms with van der Waals surface area (Å²) in [5.74, 6) is 0.841. The van der Waals surface area contributed by atoms with Gasteiger partial charge in [-0.2, -0.15) is 0 Å². The molecule has 1 amide bonds. The summed E-state index contributed by atoms with van der Waals surface area (Å²) in [6, 6.07) is 12.4. The number of methoxy groups -OCH3 is 1. The molecule has 0 bridgehead atoms. The highest BCUT2D eigenvalue weighted by Crippen LogP contribution is 2.29. The maximum Gasteiger partial charge on any atom is 0.266 e. The number of thiazole rings is 1. The van der Waals surface area contributed by atoms with Crippen LogP contribution in [-0.2, 0) is 4.79 Å². The van der Waals surface area contributed by atoms with Gasteiger partial charge in [-0.1, -0.05) is 23.2 Å². The van der Waals surface area contributed by atoms with E-state index in [4.69, 9.17) is 32.7 Å². The Morgan fingerprint density at radius 3 is 2.59 bits per heavy atom. The second-order valence-corrected chi connectivity index (χ2v) is 7.29. The molecule has 2 aromatic carbocycles. The molecular weight excluding hydrogens is 407 g/mol. The van der Waals surface area contributed by atoms with Crippen molar-refractivity contribution in [3.63, 3.8) is 0 Å². The Morgan fingerprint density at radius 2 is 1.93 bits per heavy atom. The summed E-state index contributed by atoms with van der Waals surface area (Å²) in [5, 5.41) is 5.96. The van der Waals surface area contributed by atoms with Crippen molar-refractivity contribution in [2.75, 3.05) is 12.4 Å². The number of nitrogens with zero attached hydrogens (tertiary/aromatic N) is 1. The van der Waals surface area contributed by atoms with Gasteiger partial charge >= 0.3 is 0 Å². The Hall–Kier alpha value is -2.28. The first-order chi connectivity index (χ1) is 13.0. The highest BCUT2D eigenvalue weighted by atomic mass is 35.5. The number of carbonyl (C=O) groups excluding carboxylic acids is 1. The molecule has 1 atom stereocenters. The van der Waals surface area contributed by atoms with Gasteiger partial charge in [0.2, 0.25) is 0 Å². The predicted octanol–water partition coefficient (Wildman–Crippen LogP) is 5.53. The molecular formula is C19H16Cl2N2O3S. The van der Waals surface area contributed by atoms with Crippen molar-refractivity contribution in [2.45, 2.75) is 13.0 Å². The summed E-state index contributed by atoms with van der Waals surface area (Å²) >= 11 is 13.3. The van der Waals surface area contributed by atoms with Crippen LogP contribution in [0.3, 0.4) is 0 Å². The second-order valence-electron chi connectivity index (χ2n) is 5.59. The molecule has 27 heavy (non-hydrogen) atoms. The minimum Gasteiger partial charge on any atom is -0.497 e. The van der Waals surface area contributed by atoms with E-state index in [1.54, 1.807) is 32.2 Å². The van der Waals surface area contributed by atoms with E-state index in [1.165, 1.54) is 11.3 Å². The molecule has 0 aliphatic rings. The highest BCUT2D eigenvalue weighted by molar-refractivity contribution is 7.14. The van der Waals surface area contributed by atoms with Gasteiger partial charge in [-0.25, -0.2) is 4.98 Å². The zero-order valence-electron chi connectivity index (χ0n) is 14.5. The van der Waals surface area contributed by atoms with Crippen molar-refractivity contribution in [1.29, 1.82) is 0 Å². The van der Waals surface area contributed by atoms with Crippen LogP contribution in [0.2, 0.25) is 10.0 Å². The lowest BCUT2D eigenvalue weighted by molar-refractivity contribution is -0.122. The summed E-state index contributed by atoms with van der Waals surface area (Å²) in [6.45, 7) is 1.64. The topological polar surface area (TPSA) is 60.5 Å². The third-order valence-electron chi connectivity index (χ3n) is 3.69. The maximum atomic E-state index is 12.4. The van der Waals surface area contributed by atoms with Crippen molar-refractivity contribution in [3.05, 3.63) is 57.9 Å². The third-order valence-corrected chi connectivity index (χ3v) is 4.98. The number of nitrogens with one attached hydrogen (secondary N) is 1. The van der Waals surface area contributed by atoms with Gasteiger partial charge in [0.15, 0.2) is 11.2 Å². The number of aromatic nitrogens is 1. The van der Waals surface area contributed by atoms with Crippen LogP contribution in [0.25, 0.3) is 11.3 Å². The van der Waals surface area contributed by atoms with E-state index in [2.05, 4.69) is 10.3 Å². The number of halogens is 2. The molecule has 5 nitrogen and oxygen atoms in total. The van der Waals surface area contributed by atoms with Gasteiger partial charge in [0.25, 0.3) is 5.91 Å². The molecule has 0 saturated heterocycles. The molecule has 140 valence electrons. The lowest BCUT2D eigenvalue weighted by Gasteiger charge is -2.14. The van der Waals surface area contributed by atoms with Crippen LogP contribution >= 0.6 is 34.5 Å². The minimum atomic E-state index is -0.753. The number of hydrogen-bond donors (Lipinski definition) is 1. The molecule has 1 aromatic heterocycles. The number of benzene rings is 2. The predicted molar refractivity (Wildman–Crippen MR) is 109 cm³/mol. The molecule has 1 unspecified atom stereocenters. The fraction of sp³-hybridized carbons (Fsp3) is 0.158. The first kappa shape index (κ1) is 19.5. The molecule has 0 fully saturated rings. The number of rotatable bonds is 6. The monoisotopic (exact) mass is 422 g/mol. The van der Waals surface area contributed by atoms with Crippen LogP contribution in [0.15, 0.2) is 47.8 Å². The quantitative estimate of drug-likeness (QED) is 0.566. The molecule has 0 saturated carbocycles. The summed E-state index contributed by atoms with van der Waals surface area (Å²) in [4.78, 5) is 16.8. The number of carbonyl (C=O) groups is 1. The maximum absolute atomic E-state index is 12.4. The normalized spacial score (nSPS) is 11.7. The Bertz CT molecular complexity index is 944. The molecule has 1 heterocycles. The van der Waals surface area contributed by atoms with E-state index in [9.17, 15) is 4.79 Å². The first-order valence-corrected chi connectivity index (χ1v) is 9.62. The summed E-state index contributed by atoms with van der Waals surface area (Å²) in [6.07, 6.45) is -0.753. The van der Waals surface area contributed by atoms with Gasteiger partial charge in [0.05, 0.1) is 17.8 Å². The average Bonchev–Trinajstić information content (AvgIpc) is 3.12. The fourth-order valence-corrected chi connectivity index (χ4v) is 3.42. The summed E-state index contributed by atoms with van der Waals surface area (Å²) in [7, 11) is 1.62.